The van der Waals surface area contributed by atoms with Gasteiger partial charge in [-0.3, -0.25) is 0 Å². The minimum Gasteiger partial charge on any atom is -0.375 e. The first-order chi connectivity index (χ1) is 5.36. The number of hydrogen-bond acceptors (Lipinski definition) is 4. The molecule has 1 aromatic rings. The van der Waals surface area contributed by atoms with Gasteiger partial charge in [-0.05, 0) is 13.0 Å². The monoisotopic (exact) mass is 241 g/mol. The Morgan fingerprint density at radius 1 is 1.54 bits per heavy atom. The lowest BCUT2D eigenvalue weighted by atomic mass is 10.1. The highest BCUT2D eigenvalue weighted by atomic mass is 35.5. The summed E-state index contributed by atoms with van der Waals surface area (Å²) < 4.78 is 0. The number of nitrogens with one attached hydrogen (secondary N) is 1. The molecule has 0 spiro atoms. The summed E-state index contributed by atoms with van der Waals surface area (Å²) in [6.45, 7) is 2.17. The molecular formula is C7H13Cl2N3S. The van der Waals surface area contributed by atoms with Crippen LogP contribution in [0.25, 0.3) is 0 Å². The molecule has 0 aromatic carbocycles. The van der Waals surface area contributed by atoms with Gasteiger partial charge in [-0.15, -0.1) is 36.2 Å². The number of rotatable bonds is 1. The summed E-state index contributed by atoms with van der Waals surface area (Å²) in [6, 6.07) is 0. The van der Waals surface area contributed by atoms with Crippen LogP contribution in [0.2, 0.25) is 0 Å². The van der Waals surface area contributed by atoms with Crippen molar-refractivity contribution in [1.29, 1.82) is 0 Å². The Morgan fingerprint density at radius 2 is 2.31 bits per heavy atom. The minimum atomic E-state index is 0. The number of nitrogens with two attached hydrogens (primary N) is 1. The van der Waals surface area contributed by atoms with Crippen LogP contribution in [0, 0.1) is 0 Å². The van der Waals surface area contributed by atoms with E-state index in [0.717, 1.165) is 18.8 Å². The Labute approximate surface area is 93.9 Å². The van der Waals surface area contributed by atoms with Crippen molar-refractivity contribution in [2.75, 3.05) is 18.8 Å². The molecular weight excluding hydrogens is 229 g/mol. The number of aromatic nitrogens is 1. The van der Waals surface area contributed by atoms with Crippen LogP contribution < -0.4 is 11.1 Å². The summed E-state index contributed by atoms with van der Waals surface area (Å²) >= 11 is 1.53. The lowest BCUT2D eigenvalue weighted by Gasteiger charge is -2.01. The number of hydrogen-bond donors (Lipinski definition) is 2. The van der Waals surface area contributed by atoms with Crippen molar-refractivity contribution in [2.45, 2.75) is 12.3 Å². The molecule has 1 aliphatic rings. The average Bonchev–Trinajstić information content (AvgIpc) is 2.55. The van der Waals surface area contributed by atoms with E-state index in [0.29, 0.717) is 11.0 Å². The first-order valence-electron chi connectivity index (χ1n) is 3.78. The Hall–Kier alpha value is -0.0300. The van der Waals surface area contributed by atoms with Crippen LogP contribution in [0.3, 0.4) is 0 Å². The first kappa shape index (κ1) is 13.0. The Bertz CT molecular complexity index is 248. The van der Waals surface area contributed by atoms with Gasteiger partial charge in [0.1, 0.15) is 0 Å². The van der Waals surface area contributed by atoms with E-state index in [1.165, 1.54) is 17.8 Å². The highest BCUT2D eigenvalue weighted by molar-refractivity contribution is 7.13. The predicted octanol–water partition coefficient (Wildman–Crippen LogP) is 1.65. The first-order valence-corrected chi connectivity index (χ1v) is 4.66. The largest absolute Gasteiger partial charge is 0.375 e. The van der Waals surface area contributed by atoms with Crippen molar-refractivity contribution < 1.29 is 0 Å². The molecule has 13 heavy (non-hydrogen) atoms. The van der Waals surface area contributed by atoms with E-state index < -0.39 is 0 Å². The van der Waals surface area contributed by atoms with Crippen LogP contribution in [0.5, 0.6) is 0 Å². The van der Waals surface area contributed by atoms with Crippen LogP contribution in [0.4, 0.5) is 5.13 Å². The Morgan fingerprint density at radius 3 is 2.77 bits per heavy atom. The number of nitrogen functional groups attached to an aromatic ring is 1. The van der Waals surface area contributed by atoms with Crippen molar-refractivity contribution in [1.82, 2.24) is 10.3 Å². The van der Waals surface area contributed by atoms with E-state index in [1.54, 1.807) is 0 Å². The van der Waals surface area contributed by atoms with Gasteiger partial charge in [0.25, 0.3) is 0 Å². The average molecular weight is 242 g/mol. The molecule has 0 aliphatic carbocycles. The van der Waals surface area contributed by atoms with Gasteiger partial charge in [0.05, 0.1) is 5.69 Å². The third-order valence-corrected chi connectivity index (χ3v) is 2.71. The molecule has 6 heteroatoms. The van der Waals surface area contributed by atoms with Gasteiger partial charge < -0.3 is 11.1 Å². The fraction of sp³-hybridized carbons (Fsp3) is 0.571. The summed E-state index contributed by atoms with van der Waals surface area (Å²) in [5.74, 6) is 0.601. The minimum absolute atomic E-state index is 0. The van der Waals surface area contributed by atoms with Gasteiger partial charge >= 0.3 is 0 Å². The highest BCUT2D eigenvalue weighted by Gasteiger charge is 2.18. The molecule has 1 aliphatic heterocycles. The number of nitrogens with zero attached hydrogens (tertiary/aromatic N) is 1. The molecule has 1 aromatic heterocycles. The molecule has 76 valence electrons. The fourth-order valence-corrected chi connectivity index (χ4v) is 2.04. The molecule has 0 bridgehead atoms. The maximum absolute atomic E-state index is 5.53. The predicted molar refractivity (Wildman–Crippen MR) is 61.3 cm³/mol. The zero-order chi connectivity index (χ0) is 7.68. The van der Waals surface area contributed by atoms with Crippen molar-refractivity contribution in [2.24, 2.45) is 0 Å². The standard InChI is InChI=1S/C7H11N3S.2ClH/c8-7-10-6(4-11-7)5-1-2-9-3-5;;/h4-5,9H,1-3H2,(H2,8,10);2*1H. The second-order valence-electron chi connectivity index (χ2n) is 2.80. The molecule has 0 amide bonds. The Balaban J connectivity index is 0.000000720. The molecule has 1 atom stereocenters. The SMILES string of the molecule is Cl.Cl.Nc1nc(C2CCNC2)cs1. The molecule has 2 heterocycles. The maximum Gasteiger partial charge on any atom is 0.180 e. The summed E-state index contributed by atoms with van der Waals surface area (Å²) in [4.78, 5) is 4.25. The van der Waals surface area contributed by atoms with Gasteiger partial charge in [-0.25, -0.2) is 4.98 Å². The molecule has 2 rings (SSSR count). The van der Waals surface area contributed by atoms with E-state index in [2.05, 4.69) is 15.7 Å². The fourth-order valence-electron chi connectivity index (χ4n) is 1.40. The van der Waals surface area contributed by atoms with Crippen molar-refractivity contribution in [3.05, 3.63) is 11.1 Å². The highest BCUT2D eigenvalue weighted by Crippen LogP contribution is 2.24. The van der Waals surface area contributed by atoms with Crippen molar-refractivity contribution >= 4 is 41.3 Å². The van der Waals surface area contributed by atoms with E-state index in [9.17, 15) is 0 Å². The third-order valence-electron chi connectivity index (χ3n) is 2.02. The second-order valence-corrected chi connectivity index (χ2v) is 3.69. The summed E-state index contributed by atoms with van der Waals surface area (Å²) in [5.41, 5.74) is 6.70. The van der Waals surface area contributed by atoms with Gasteiger partial charge in [0, 0.05) is 17.8 Å². The molecule has 0 radical (unpaired) electrons. The summed E-state index contributed by atoms with van der Waals surface area (Å²) in [5, 5.41) is 6.05. The van der Waals surface area contributed by atoms with Crippen molar-refractivity contribution in [3.63, 3.8) is 0 Å². The van der Waals surface area contributed by atoms with Gasteiger partial charge in [0.15, 0.2) is 5.13 Å². The quantitative estimate of drug-likeness (QED) is 0.787. The van der Waals surface area contributed by atoms with Crippen LogP contribution in [0.1, 0.15) is 18.0 Å². The van der Waals surface area contributed by atoms with Crippen LogP contribution in [-0.4, -0.2) is 18.1 Å². The zero-order valence-electron chi connectivity index (χ0n) is 7.03. The van der Waals surface area contributed by atoms with Crippen LogP contribution >= 0.6 is 36.2 Å². The number of thiazole rings is 1. The summed E-state index contributed by atoms with van der Waals surface area (Å²) in [6.07, 6.45) is 1.20. The van der Waals surface area contributed by atoms with E-state index in [-0.39, 0.29) is 24.8 Å². The molecule has 1 fully saturated rings. The normalized spacial score (nSPS) is 20.5. The Kier molecular flexibility index (Phi) is 5.64. The van der Waals surface area contributed by atoms with Crippen molar-refractivity contribution in [3.8, 4) is 0 Å². The second kappa shape index (κ2) is 5.65. The van der Waals surface area contributed by atoms with Crippen LogP contribution in [-0.2, 0) is 0 Å². The van der Waals surface area contributed by atoms with E-state index in [4.69, 9.17) is 5.73 Å². The number of halogens is 2. The molecule has 1 unspecified atom stereocenters. The van der Waals surface area contributed by atoms with Gasteiger partial charge in [-0.1, -0.05) is 0 Å². The van der Waals surface area contributed by atoms with E-state index >= 15 is 0 Å². The summed E-state index contributed by atoms with van der Waals surface area (Å²) in [7, 11) is 0. The molecule has 3 N–H and O–H groups in total. The van der Waals surface area contributed by atoms with Gasteiger partial charge in [0.2, 0.25) is 0 Å². The lowest BCUT2D eigenvalue weighted by Crippen LogP contribution is -2.08. The van der Waals surface area contributed by atoms with E-state index in [1.807, 2.05) is 0 Å². The third kappa shape index (κ3) is 2.98. The molecule has 1 saturated heterocycles. The topological polar surface area (TPSA) is 50.9 Å². The zero-order valence-corrected chi connectivity index (χ0v) is 9.47. The maximum atomic E-state index is 5.53. The number of anilines is 1. The van der Waals surface area contributed by atoms with Crippen LogP contribution in [0.15, 0.2) is 5.38 Å². The lowest BCUT2D eigenvalue weighted by molar-refractivity contribution is 0.742. The molecule has 0 saturated carbocycles. The molecule has 3 nitrogen and oxygen atoms in total. The van der Waals surface area contributed by atoms with Gasteiger partial charge in [-0.2, -0.15) is 0 Å². The smallest absolute Gasteiger partial charge is 0.180 e.